The summed E-state index contributed by atoms with van der Waals surface area (Å²) >= 11 is 0.434. The van der Waals surface area contributed by atoms with Crippen LogP contribution in [0, 0.1) is 6.92 Å². The van der Waals surface area contributed by atoms with Crippen molar-refractivity contribution in [2.24, 2.45) is 0 Å². The summed E-state index contributed by atoms with van der Waals surface area (Å²) in [6.45, 7) is 1.84. The van der Waals surface area contributed by atoms with Gasteiger partial charge in [0.25, 0.3) is 0 Å². The highest BCUT2D eigenvalue weighted by Crippen LogP contribution is 1.99. The standard InChI is InChI=1S/C4H5N2OS/c1-3-2-5-6-4(3)8-7/h2H,1H3,(H,5,6)/q+1. The fourth-order valence-corrected chi connectivity index (χ4v) is 0.693. The molecule has 0 bridgehead atoms. The first kappa shape index (κ1) is 5.37. The van der Waals surface area contributed by atoms with Crippen molar-refractivity contribution in [3.63, 3.8) is 0 Å². The summed E-state index contributed by atoms with van der Waals surface area (Å²) < 4.78 is 10.1. The van der Waals surface area contributed by atoms with Crippen LogP contribution in [0.2, 0.25) is 0 Å². The molecule has 0 aliphatic heterocycles. The van der Waals surface area contributed by atoms with Gasteiger partial charge in [-0.3, -0.25) is 0 Å². The molecule has 42 valence electrons. The van der Waals surface area contributed by atoms with Crippen molar-refractivity contribution < 1.29 is 4.21 Å². The zero-order chi connectivity index (χ0) is 5.98. The Morgan fingerprint density at radius 1 is 1.88 bits per heavy atom. The molecule has 0 unspecified atom stereocenters. The second-order valence-corrected chi connectivity index (χ2v) is 2.04. The molecule has 8 heavy (non-hydrogen) atoms. The number of hydrogen-bond acceptors (Lipinski definition) is 2. The lowest BCUT2D eigenvalue weighted by atomic mass is 10.4. The maximum atomic E-state index is 10.1. The second-order valence-electron chi connectivity index (χ2n) is 1.47. The van der Waals surface area contributed by atoms with Crippen LogP contribution >= 0.6 is 0 Å². The molecule has 0 fully saturated rings. The molecule has 0 aromatic carbocycles. The van der Waals surface area contributed by atoms with E-state index < -0.39 is 0 Å². The predicted molar refractivity (Wildman–Crippen MR) is 29.6 cm³/mol. The van der Waals surface area contributed by atoms with Crippen LogP contribution in [-0.2, 0) is 15.9 Å². The van der Waals surface area contributed by atoms with Crippen molar-refractivity contribution >= 4 is 11.7 Å². The number of hydrogen-bond donors (Lipinski definition) is 1. The quantitative estimate of drug-likeness (QED) is 0.561. The van der Waals surface area contributed by atoms with E-state index in [4.69, 9.17) is 0 Å². The number of aromatic nitrogens is 2. The van der Waals surface area contributed by atoms with Crippen LogP contribution in [0.4, 0.5) is 0 Å². The van der Waals surface area contributed by atoms with Crippen LogP contribution in [0.25, 0.3) is 0 Å². The van der Waals surface area contributed by atoms with E-state index in [1.807, 2.05) is 6.92 Å². The number of aryl methyl sites for hydroxylation is 1. The Morgan fingerprint density at radius 3 is 2.88 bits per heavy atom. The SMILES string of the molecule is Cc1cn[nH]c1[S+]=O. The zero-order valence-corrected chi connectivity index (χ0v) is 5.16. The fourth-order valence-electron chi connectivity index (χ4n) is 0.419. The average molecular weight is 129 g/mol. The van der Waals surface area contributed by atoms with E-state index in [9.17, 15) is 4.21 Å². The maximum absolute atomic E-state index is 10.1. The molecule has 1 aromatic rings. The van der Waals surface area contributed by atoms with Gasteiger partial charge in [0.1, 0.15) is 0 Å². The third-order valence-electron chi connectivity index (χ3n) is 0.866. The molecule has 0 aliphatic rings. The molecular formula is C4H5N2OS+. The summed E-state index contributed by atoms with van der Waals surface area (Å²) in [5, 5.41) is 6.80. The molecule has 0 atom stereocenters. The highest BCUT2D eigenvalue weighted by Gasteiger charge is 2.11. The Hall–Kier alpha value is -0.770. The number of rotatable bonds is 1. The average Bonchev–Trinajstić information content (AvgIpc) is 2.14. The zero-order valence-electron chi connectivity index (χ0n) is 4.34. The third kappa shape index (κ3) is 0.742. The molecule has 4 heteroatoms. The van der Waals surface area contributed by atoms with E-state index in [0.717, 1.165) is 5.56 Å². The number of nitrogens with zero attached hydrogens (tertiary/aromatic N) is 1. The van der Waals surface area contributed by atoms with E-state index in [2.05, 4.69) is 10.2 Å². The van der Waals surface area contributed by atoms with Gasteiger partial charge in [-0.25, -0.2) is 5.10 Å². The van der Waals surface area contributed by atoms with Crippen molar-refractivity contribution in [1.29, 1.82) is 0 Å². The molecular weight excluding hydrogens is 124 g/mol. The Kier molecular flexibility index (Phi) is 1.34. The van der Waals surface area contributed by atoms with Crippen molar-refractivity contribution in [3.8, 4) is 0 Å². The smallest absolute Gasteiger partial charge is 0.224 e. The van der Waals surface area contributed by atoms with E-state index >= 15 is 0 Å². The molecule has 1 heterocycles. The lowest BCUT2D eigenvalue weighted by molar-refractivity contribution is 0.603. The lowest BCUT2D eigenvalue weighted by Crippen LogP contribution is -1.74. The van der Waals surface area contributed by atoms with Crippen LogP contribution in [0.5, 0.6) is 0 Å². The molecule has 0 aliphatic carbocycles. The molecule has 3 nitrogen and oxygen atoms in total. The Bertz CT molecular complexity index is 196. The van der Waals surface area contributed by atoms with Crippen molar-refractivity contribution in [3.05, 3.63) is 11.8 Å². The molecule has 0 saturated heterocycles. The monoisotopic (exact) mass is 129 g/mol. The minimum atomic E-state index is 0.434. The van der Waals surface area contributed by atoms with Gasteiger partial charge in [-0.1, -0.05) is 0 Å². The Balaban J connectivity index is 3.09. The Morgan fingerprint density at radius 2 is 2.62 bits per heavy atom. The van der Waals surface area contributed by atoms with E-state index in [1.54, 1.807) is 6.20 Å². The number of H-pyrrole nitrogens is 1. The van der Waals surface area contributed by atoms with Crippen LogP contribution in [0.1, 0.15) is 5.56 Å². The van der Waals surface area contributed by atoms with E-state index in [1.165, 1.54) is 0 Å². The number of nitrogens with one attached hydrogen (secondary N) is 1. The van der Waals surface area contributed by atoms with Crippen LogP contribution < -0.4 is 0 Å². The van der Waals surface area contributed by atoms with Crippen LogP contribution in [-0.4, -0.2) is 10.2 Å². The van der Waals surface area contributed by atoms with Gasteiger partial charge in [0.05, 0.1) is 11.8 Å². The van der Waals surface area contributed by atoms with Gasteiger partial charge in [0.15, 0.2) is 0 Å². The molecule has 1 rings (SSSR count). The molecule has 1 N–H and O–H groups in total. The number of aromatic amines is 1. The molecule has 1 aromatic heterocycles. The topological polar surface area (TPSA) is 45.8 Å². The van der Waals surface area contributed by atoms with Crippen LogP contribution in [0.15, 0.2) is 11.2 Å². The maximum Gasteiger partial charge on any atom is 0.527 e. The normalized spacial score (nSPS) is 9.12. The molecule has 0 radical (unpaired) electrons. The third-order valence-corrected chi connectivity index (χ3v) is 1.45. The molecule has 0 saturated carbocycles. The minimum absolute atomic E-state index is 0.434. The first-order chi connectivity index (χ1) is 3.84. The first-order valence-electron chi connectivity index (χ1n) is 2.14. The van der Waals surface area contributed by atoms with E-state index in [0.29, 0.717) is 16.7 Å². The van der Waals surface area contributed by atoms with E-state index in [-0.39, 0.29) is 0 Å². The highest BCUT2D eigenvalue weighted by atomic mass is 32.1. The van der Waals surface area contributed by atoms with Gasteiger partial charge < -0.3 is 0 Å². The Labute approximate surface area is 50.6 Å². The van der Waals surface area contributed by atoms with Gasteiger partial charge in [-0.15, -0.1) is 0 Å². The summed E-state index contributed by atoms with van der Waals surface area (Å²) in [6.07, 6.45) is 1.63. The van der Waals surface area contributed by atoms with Gasteiger partial charge in [-0.05, 0) is 6.92 Å². The van der Waals surface area contributed by atoms with Gasteiger partial charge in [0.2, 0.25) is 0 Å². The predicted octanol–water partition coefficient (Wildman–Crippen LogP) is 0.505. The molecule has 0 spiro atoms. The summed E-state index contributed by atoms with van der Waals surface area (Å²) in [6, 6.07) is 0. The fraction of sp³-hybridized carbons (Fsp3) is 0.250. The summed E-state index contributed by atoms with van der Waals surface area (Å²) in [5.41, 5.74) is 0.907. The van der Waals surface area contributed by atoms with Crippen LogP contribution in [0.3, 0.4) is 0 Å². The summed E-state index contributed by atoms with van der Waals surface area (Å²) in [5.74, 6) is 0. The largest absolute Gasteiger partial charge is 0.527 e. The summed E-state index contributed by atoms with van der Waals surface area (Å²) in [4.78, 5) is 0. The van der Waals surface area contributed by atoms with Crippen molar-refractivity contribution in [2.45, 2.75) is 11.9 Å². The van der Waals surface area contributed by atoms with Gasteiger partial charge in [0, 0.05) is 4.21 Å². The first-order valence-corrected chi connectivity index (χ1v) is 2.88. The van der Waals surface area contributed by atoms with Crippen molar-refractivity contribution in [1.82, 2.24) is 10.2 Å². The highest BCUT2D eigenvalue weighted by molar-refractivity contribution is 7.65. The van der Waals surface area contributed by atoms with Gasteiger partial charge in [-0.2, -0.15) is 5.10 Å². The summed E-state index contributed by atoms with van der Waals surface area (Å²) in [7, 11) is 0. The molecule has 0 amide bonds. The minimum Gasteiger partial charge on any atom is -0.224 e. The lowest BCUT2D eigenvalue weighted by Gasteiger charge is -1.63. The van der Waals surface area contributed by atoms with Gasteiger partial charge >= 0.3 is 16.7 Å². The van der Waals surface area contributed by atoms with Crippen molar-refractivity contribution in [2.75, 3.05) is 0 Å². The second kappa shape index (κ2) is 2.00.